The van der Waals surface area contributed by atoms with Crippen LogP contribution in [0.25, 0.3) is 0 Å². The average molecular weight is 192 g/mol. The van der Waals surface area contributed by atoms with Gasteiger partial charge in [0.2, 0.25) is 0 Å². The molecule has 0 aliphatic carbocycles. The van der Waals surface area contributed by atoms with Gasteiger partial charge in [0, 0.05) is 5.75 Å². The van der Waals surface area contributed by atoms with Gasteiger partial charge < -0.3 is 4.55 Å². The highest BCUT2D eigenvalue weighted by Crippen LogP contribution is 2.13. The van der Waals surface area contributed by atoms with Crippen LogP contribution in [0.1, 0.15) is 46.0 Å². The fraction of sp³-hybridized carbons (Fsp3) is 1.00. The molecule has 3 heteroatoms. The minimum absolute atomic E-state index is 0.441. The molecule has 0 heterocycles. The lowest BCUT2D eigenvalue weighted by Crippen LogP contribution is -2.00. The van der Waals surface area contributed by atoms with Gasteiger partial charge in [-0.05, 0) is 18.8 Å². The number of rotatable bonds is 7. The molecule has 2 unspecified atom stereocenters. The molecule has 0 rings (SSSR count). The lowest BCUT2D eigenvalue weighted by atomic mass is 10.00. The topological polar surface area (TPSA) is 37.3 Å². The van der Waals surface area contributed by atoms with E-state index in [9.17, 15) is 4.21 Å². The third-order valence-corrected chi connectivity index (χ3v) is 2.70. The van der Waals surface area contributed by atoms with Gasteiger partial charge in [-0.15, -0.1) is 0 Å². The van der Waals surface area contributed by atoms with Crippen LogP contribution in [0.3, 0.4) is 0 Å². The van der Waals surface area contributed by atoms with Gasteiger partial charge in [0.25, 0.3) is 0 Å². The fourth-order valence-electron chi connectivity index (χ4n) is 1.25. The summed E-state index contributed by atoms with van der Waals surface area (Å²) in [6.45, 7) is 4.41. The molecule has 0 aromatic rings. The van der Waals surface area contributed by atoms with Crippen LogP contribution in [-0.4, -0.2) is 14.5 Å². The standard InChI is InChI=1S/C9H20O2S/c1-3-4-6-9(2)7-5-8-12(10)11/h9H,3-8H2,1-2H3,(H,10,11). The Morgan fingerprint density at radius 3 is 2.42 bits per heavy atom. The number of hydrogen-bond acceptors (Lipinski definition) is 1. The van der Waals surface area contributed by atoms with Crippen LogP contribution in [0.15, 0.2) is 0 Å². The van der Waals surface area contributed by atoms with E-state index in [2.05, 4.69) is 13.8 Å². The van der Waals surface area contributed by atoms with Crippen molar-refractivity contribution in [2.75, 3.05) is 5.75 Å². The molecule has 1 N–H and O–H groups in total. The molecular formula is C9H20O2S. The molecule has 0 spiro atoms. The van der Waals surface area contributed by atoms with Crippen molar-refractivity contribution in [3.05, 3.63) is 0 Å². The van der Waals surface area contributed by atoms with E-state index in [1.807, 2.05) is 0 Å². The van der Waals surface area contributed by atoms with Crippen LogP contribution in [0.2, 0.25) is 0 Å². The van der Waals surface area contributed by atoms with Gasteiger partial charge in [-0.25, -0.2) is 4.21 Å². The molecule has 0 aliphatic heterocycles. The quantitative estimate of drug-likeness (QED) is 0.630. The lowest BCUT2D eigenvalue weighted by Gasteiger charge is -2.08. The lowest BCUT2D eigenvalue weighted by molar-refractivity contribution is 0.464. The molecule has 12 heavy (non-hydrogen) atoms. The molecule has 2 atom stereocenters. The van der Waals surface area contributed by atoms with Gasteiger partial charge in [-0.3, -0.25) is 0 Å². The molecule has 0 saturated heterocycles. The van der Waals surface area contributed by atoms with Crippen molar-refractivity contribution in [1.29, 1.82) is 0 Å². The molecule has 0 saturated carbocycles. The Balaban J connectivity index is 3.19. The van der Waals surface area contributed by atoms with E-state index in [0.717, 1.165) is 12.8 Å². The highest BCUT2D eigenvalue weighted by molar-refractivity contribution is 7.79. The Morgan fingerprint density at radius 1 is 1.33 bits per heavy atom. The summed E-state index contributed by atoms with van der Waals surface area (Å²) in [5, 5.41) is 0. The molecular weight excluding hydrogens is 172 g/mol. The van der Waals surface area contributed by atoms with Crippen LogP contribution >= 0.6 is 0 Å². The van der Waals surface area contributed by atoms with Crippen LogP contribution < -0.4 is 0 Å². The molecule has 0 amide bonds. The van der Waals surface area contributed by atoms with E-state index in [0.29, 0.717) is 11.7 Å². The Morgan fingerprint density at radius 2 is 1.92 bits per heavy atom. The summed E-state index contributed by atoms with van der Waals surface area (Å²) in [4.78, 5) is 0. The summed E-state index contributed by atoms with van der Waals surface area (Å²) in [5.74, 6) is 1.16. The van der Waals surface area contributed by atoms with Crippen LogP contribution in [0.4, 0.5) is 0 Å². The fourth-order valence-corrected chi connectivity index (χ4v) is 1.67. The zero-order valence-corrected chi connectivity index (χ0v) is 8.90. The third-order valence-electron chi connectivity index (χ3n) is 2.07. The van der Waals surface area contributed by atoms with Crippen LogP contribution in [0.5, 0.6) is 0 Å². The maximum absolute atomic E-state index is 10.3. The predicted octanol–water partition coefficient (Wildman–Crippen LogP) is 2.81. The van der Waals surface area contributed by atoms with E-state index in [4.69, 9.17) is 4.55 Å². The van der Waals surface area contributed by atoms with Gasteiger partial charge in [0.15, 0.2) is 11.1 Å². The van der Waals surface area contributed by atoms with Gasteiger partial charge in [0.1, 0.15) is 0 Å². The average Bonchev–Trinajstić information content (AvgIpc) is 2.00. The molecule has 74 valence electrons. The summed E-state index contributed by atoms with van der Waals surface area (Å²) in [5.41, 5.74) is 0. The second-order valence-corrected chi connectivity index (χ2v) is 4.47. The van der Waals surface area contributed by atoms with Gasteiger partial charge in [0.05, 0.1) is 0 Å². The maximum Gasteiger partial charge on any atom is 0.152 e. The van der Waals surface area contributed by atoms with Crippen molar-refractivity contribution in [2.45, 2.75) is 46.0 Å². The first kappa shape index (κ1) is 12.1. The van der Waals surface area contributed by atoms with Gasteiger partial charge in [-0.1, -0.05) is 33.1 Å². The largest absolute Gasteiger partial charge is 0.306 e. The number of hydrogen-bond donors (Lipinski definition) is 1. The van der Waals surface area contributed by atoms with E-state index >= 15 is 0 Å². The van der Waals surface area contributed by atoms with Crippen LogP contribution in [-0.2, 0) is 11.1 Å². The number of unbranched alkanes of at least 4 members (excludes halogenated alkanes) is 1. The summed E-state index contributed by atoms with van der Waals surface area (Å²) in [7, 11) is 0. The van der Waals surface area contributed by atoms with E-state index in [1.54, 1.807) is 0 Å². The van der Waals surface area contributed by atoms with Gasteiger partial charge in [-0.2, -0.15) is 0 Å². The molecule has 0 radical (unpaired) electrons. The summed E-state index contributed by atoms with van der Waals surface area (Å²) in [6.07, 6.45) is 5.76. The second-order valence-electron chi connectivity index (χ2n) is 3.42. The van der Waals surface area contributed by atoms with E-state index in [-0.39, 0.29) is 0 Å². The SMILES string of the molecule is CCCCC(C)CCCS(=O)O. The predicted molar refractivity (Wildman–Crippen MR) is 53.6 cm³/mol. The highest BCUT2D eigenvalue weighted by atomic mass is 32.2. The molecule has 0 fully saturated rings. The van der Waals surface area contributed by atoms with Crippen molar-refractivity contribution in [1.82, 2.24) is 0 Å². The second kappa shape index (κ2) is 7.74. The Labute approximate surface area is 78.0 Å². The van der Waals surface area contributed by atoms with Crippen molar-refractivity contribution in [3.63, 3.8) is 0 Å². The molecule has 2 nitrogen and oxygen atoms in total. The monoisotopic (exact) mass is 192 g/mol. The minimum Gasteiger partial charge on any atom is -0.306 e. The normalized spacial score (nSPS) is 15.9. The first-order chi connectivity index (χ1) is 5.66. The molecule has 0 aromatic heterocycles. The Kier molecular flexibility index (Phi) is 7.81. The molecule has 0 bridgehead atoms. The summed E-state index contributed by atoms with van der Waals surface area (Å²) in [6, 6.07) is 0. The summed E-state index contributed by atoms with van der Waals surface area (Å²) < 4.78 is 18.8. The molecule has 0 aromatic carbocycles. The van der Waals surface area contributed by atoms with Crippen molar-refractivity contribution in [2.24, 2.45) is 5.92 Å². The molecule has 0 aliphatic rings. The highest BCUT2D eigenvalue weighted by Gasteiger charge is 2.02. The van der Waals surface area contributed by atoms with Crippen LogP contribution in [0, 0.1) is 5.92 Å². The first-order valence-electron chi connectivity index (χ1n) is 4.74. The van der Waals surface area contributed by atoms with E-state index in [1.165, 1.54) is 19.3 Å². The van der Waals surface area contributed by atoms with Crippen molar-refractivity contribution in [3.8, 4) is 0 Å². The zero-order chi connectivity index (χ0) is 9.40. The third kappa shape index (κ3) is 8.21. The van der Waals surface area contributed by atoms with Crippen molar-refractivity contribution < 1.29 is 8.76 Å². The summed E-state index contributed by atoms with van der Waals surface area (Å²) >= 11 is -1.59. The van der Waals surface area contributed by atoms with Gasteiger partial charge >= 0.3 is 0 Å². The smallest absolute Gasteiger partial charge is 0.152 e. The Bertz CT molecular complexity index is 126. The Hall–Kier alpha value is 0.110. The maximum atomic E-state index is 10.3. The first-order valence-corrected chi connectivity index (χ1v) is 6.01. The van der Waals surface area contributed by atoms with Crippen molar-refractivity contribution >= 4 is 11.1 Å². The minimum atomic E-state index is -1.59. The van der Waals surface area contributed by atoms with E-state index < -0.39 is 11.1 Å². The zero-order valence-electron chi connectivity index (χ0n) is 8.08.